The molecular formula is C17H27N5O3S. The third-order valence-corrected chi connectivity index (χ3v) is 6.36. The van der Waals surface area contributed by atoms with Crippen molar-refractivity contribution in [2.45, 2.75) is 44.6 Å². The summed E-state index contributed by atoms with van der Waals surface area (Å²) in [5.74, 6) is 0.478. The Hall–Kier alpha value is -1.74. The summed E-state index contributed by atoms with van der Waals surface area (Å²) in [6.45, 7) is 2.75. The minimum absolute atomic E-state index is 0.0219. The second kappa shape index (κ2) is 8.30. The molecule has 2 aliphatic rings. The van der Waals surface area contributed by atoms with Gasteiger partial charge >= 0.3 is 0 Å². The highest BCUT2D eigenvalue weighted by molar-refractivity contribution is 7.88. The average molecular weight is 382 g/mol. The molecule has 0 spiro atoms. The summed E-state index contributed by atoms with van der Waals surface area (Å²) in [6.07, 6.45) is 10.0. The monoisotopic (exact) mass is 381 g/mol. The maximum atomic E-state index is 12.4. The van der Waals surface area contributed by atoms with E-state index in [4.69, 9.17) is 0 Å². The van der Waals surface area contributed by atoms with Crippen molar-refractivity contribution in [3.05, 3.63) is 18.1 Å². The third-order valence-electron chi connectivity index (χ3n) is 5.03. The Morgan fingerprint density at radius 1 is 1.19 bits per heavy atom. The molecule has 3 heterocycles. The van der Waals surface area contributed by atoms with Crippen molar-refractivity contribution in [1.29, 1.82) is 0 Å². The molecule has 1 atom stereocenters. The molecule has 0 aromatic carbocycles. The number of piperidine rings is 1. The minimum Gasteiger partial charge on any atom is -0.369 e. The zero-order valence-electron chi connectivity index (χ0n) is 15.2. The zero-order chi connectivity index (χ0) is 18.6. The van der Waals surface area contributed by atoms with Crippen LogP contribution < -0.4 is 5.32 Å². The molecule has 2 aliphatic heterocycles. The maximum absolute atomic E-state index is 12.4. The van der Waals surface area contributed by atoms with Gasteiger partial charge in [-0.05, 0) is 32.1 Å². The Labute approximate surface area is 155 Å². The van der Waals surface area contributed by atoms with Crippen LogP contribution in [0.1, 0.15) is 49.0 Å². The molecule has 1 unspecified atom stereocenters. The summed E-state index contributed by atoms with van der Waals surface area (Å²) < 4.78 is 25.4. The van der Waals surface area contributed by atoms with Gasteiger partial charge in [-0.2, -0.15) is 4.31 Å². The number of amides is 1. The van der Waals surface area contributed by atoms with E-state index in [2.05, 4.69) is 15.3 Å². The number of carbonyl (C=O) groups excluding carboxylic acids is 1. The summed E-state index contributed by atoms with van der Waals surface area (Å²) in [6, 6.07) is 0.0219. The van der Waals surface area contributed by atoms with Gasteiger partial charge in [0, 0.05) is 32.2 Å². The lowest BCUT2D eigenvalue weighted by Gasteiger charge is -2.33. The van der Waals surface area contributed by atoms with Gasteiger partial charge in [-0.25, -0.2) is 13.4 Å². The number of rotatable bonds is 6. The molecule has 0 saturated carbocycles. The maximum Gasteiger partial charge on any atom is 0.274 e. The molecule has 1 amide bonds. The van der Waals surface area contributed by atoms with Crippen LogP contribution in [0.4, 0.5) is 5.82 Å². The van der Waals surface area contributed by atoms with Gasteiger partial charge in [0.15, 0.2) is 0 Å². The fourth-order valence-corrected chi connectivity index (χ4v) is 4.92. The molecule has 1 aromatic rings. The Morgan fingerprint density at radius 2 is 1.92 bits per heavy atom. The van der Waals surface area contributed by atoms with Crippen LogP contribution in [0.25, 0.3) is 0 Å². The van der Waals surface area contributed by atoms with E-state index in [0.29, 0.717) is 31.0 Å². The second-order valence-corrected chi connectivity index (χ2v) is 8.96. The van der Waals surface area contributed by atoms with E-state index in [-0.39, 0.29) is 11.9 Å². The standard InChI is InChI=1S/C17H27N5O3S/c1-26(24,25)22-11-3-2-6-14(22)7-8-19-16-13-18-12-15(20-16)17(23)21-9-4-5-10-21/h12-14H,2-11H2,1H3,(H,19,20). The number of carbonyl (C=O) groups is 1. The first-order valence-electron chi connectivity index (χ1n) is 9.27. The van der Waals surface area contributed by atoms with Gasteiger partial charge in [-0.1, -0.05) is 6.42 Å². The van der Waals surface area contributed by atoms with Crippen molar-refractivity contribution in [2.75, 3.05) is 37.8 Å². The normalized spacial score (nSPS) is 21.7. The van der Waals surface area contributed by atoms with Gasteiger partial charge in [0.25, 0.3) is 5.91 Å². The molecule has 3 rings (SSSR count). The molecule has 2 saturated heterocycles. The largest absolute Gasteiger partial charge is 0.369 e. The number of nitrogens with zero attached hydrogens (tertiary/aromatic N) is 4. The Bertz CT molecular complexity index is 734. The Kier molecular flexibility index (Phi) is 6.08. The minimum atomic E-state index is -3.17. The number of nitrogens with one attached hydrogen (secondary N) is 1. The molecule has 26 heavy (non-hydrogen) atoms. The number of anilines is 1. The van der Waals surface area contributed by atoms with E-state index < -0.39 is 10.0 Å². The lowest BCUT2D eigenvalue weighted by atomic mass is 10.0. The summed E-state index contributed by atoms with van der Waals surface area (Å²) >= 11 is 0. The molecule has 9 heteroatoms. The number of hydrogen-bond donors (Lipinski definition) is 1. The number of likely N-dealkylation sites (tertiary alicyclic amines) is 1. The van der Waals surface area contributed by atoms with Crippen LogP contribution in [0.15, 0.2) is 12.4 Å². The van der Waals surface area contributed by atoms with Crippen LogP contribution >= 0.6 is 0 Å². The summed E-state index contributed by atoms with van der Waals surface area (Å²) in [5, 5.41) is 3.18. The van der Waals surface area contributed by atoms with Gasteiger partial charge in [0.05, 0.1) is 18.6 Å². The third kappa shape index (κ3) is 4.70. The first-order chi connectivity index (χ1) is 12.4. The fraction of sp³-hybridized carbons (Fsp3) is 0.706. The van der Waals surface area contributed by atoms with Gasteiger partial charge in [-0.3, -0.25) is 9.78 Å². The predicted octanol–water partition coefficient (Wildman–Crippen LogP) is 1.33. The molecule has 144 valence electrons. The quantitative estimate of drug-likeness (QED) is 0.799. The van der Waals surface area contributed by atoms with Crippen LogP contribution in [-0.4, -0.2) is 72.0 Å². The van der Waals surface area contributed by atoms with Gasteiger partial charge < -0.3 is 10.2 Å². The Balaban J connectivity index is 1.56. The highest BCUT2D eigenvalue weighted by Crippen LogP contribution is 2.22. The first-order valence-corrected chi connectivity index (χ1v) is 11.1. The molecule has 8 nitrogen and oxygen atoms in total. The lowest BCUT2D eigenvalue weighted by Crippen LogP contribution is -2.43. The SMILES string of the molecule is CS(=O)(=O)N1CCCCC1CCNc1cncc(C(=O)N2CCCC2)n1. The van der Waals surface area contributed by atoms with E-state index in [1.54, 1.807) is 15.4 Å². The molecular weight excluding hydrogens is 354 g/mol. The first kappa shape index (κ1) is 19.0. The summed E-state index contributed by atoms with van der Waals surface area (Å²) in [5.41, 5.74) is 0.354. The molecule has 2 fully saturated rings. The zero-order valence-corrected chi connectivity index (χ0v) is 16.0. The van der Waals surface area contributed by atoms with Crippen LogP contribution in [0.2, 0.25) is 0 Å². The average Bonchev–Trinajstić information content (AvgIpc) is 3.15. The van der Waals surface area contributed by atoms with Crippen molar-refractivity contribution >= 4 is 21.7 Å². The topological polar surface area (TPSA) is 95.5 Å². The van der Waals surface area contributed by atoms with E-state index in [1.165, 1.54) is 12.5 Å². The molecule has 1 N–H and O–H groups in total. The van der Waals surface area contributed by atoms with Crippen molar-refractivity contribution < 1.29 is 13.2 Å². The Morgan fingerprint density at radius 3 is 2.65 bits per heavy atom. The van der Waals surface area contributed by atoms with Crippen molar-refractivity contribution in [2.24, 2.45) is 0 Å². The van der Waals surface area contributed by atoms with E-state index in [1.807, 2.05) is 0 Å². The second-order valence-electron chi connectivity index (χ2n) is 7.03. The van der Waals surface area contributed by atoms with Crippen LogP contribution in [-0.2, 0) is 10.0 Å². The fourth-order valence-electron chi connectivity index (χ4n) is 3.70. The van der Waals surface area contributed by atoms with E-state index >= 15 is 0 Å². The lowest BCUT2D eigenvalue weighted by molar-refractivity contribution is 0.0786. The summed E-state index contributed by atoms with van der Waals surface area (Å²) in [4.78, 5) is 22.7. The summed E-state index contributed by atoms with van der Waals surface area (Å²) in [7, 11) is -3.17. The number of sulfonamides is 1. The van der Waals surface area contributed by atoms with E-state index in [0.717, 1.165) is 45.2 Å². The van der Waals surface area contributed by atoms with Gasteiger partial charge in [0.2, 0.25) is 10.0 Å². The van der Waals surface area contributed by atoms with Crippen molar-refractivity contribution in [3.8, 4) is 0 Å². The number of aromatic nitrogens is 2. The van der Waals surface area contributed by atoms with Crippen molar-refractivity contribution in [3.63, 3.8) is 0 Å². The molecule has 0 aliphatic carbocycles. The van der Waals surface area contributed by atoms with Gasteiger partial charge in [-0.15, -0.1) is 0 Å². The van der Waals surface area contributed by atoms with Crippen LogP contribution in [0.5, 0.6) is 0 Å². The van der Waals surface area contributed by atoms with Gasteiger partial charge in [0.1, 0.15) is 11.5 Å². The molecule has 1 aromatic heterocycles. The smallest absolute Gasteiger partial charge is 0.274 e. The van der Waals surface area contributed by atoms with Crippen LogP contribution in [0.3, 0.4) is 0 Å². The highest BCUT2D eigenvalue weighted by Gasteiger charge is 2.28. The van der Waals surface area contributed by atoms with E-state index in [9.17, 15) is 13.2 Å². The molecule has 0 bridgehead atoms. The van der Waals surface area contributed by atoms with Crippen LogP contribution in [0, 0.1) is 0 Å². The highest BCUT2D eigenvalue weighted by atomic mass is 32.2. The molecule has 0 radical (unpaired) electrons. The van der Waals surface area contributed by atoms with Crippen molar-refractivity contribution in [1.82, 2.24) is 19.2 Å². The predicted molar refractivity (Wildman–Crippen MR) is 99.5 cm³/mol. The number of hydrogen-bond acceptors (Lipinski definition) is 6.